The molecule has 0 bridgehead atoms. The largest absolute Gasteiger partial charge is 0.317 e. The molecule has 2 aliphatic heterocycles. The van der Waals surface area contributed by atoms with E-state index in [9.17, 15) is 0 Å². The van der Waals surface area contributed by atoms with Crippen molar-refractivity contribution in [2.75, 3.05) is 26.2 Å². The van der Waals surface area contributed by atoms with Crippen molar-refractivity contribution in [2.24, 2.45) is 5.41 Å². The van der Waals surface area contributed by atoms with Gasteiger partial charge in [0.15, 0.2) is 0 Å². The first-order valence-electron chi connectivity index (χ1n) is 8.11. The topological polar surface area (TPSA) is 32.6 Å². The van der Waals surface area contributed by atoms with E-state index in [1.165, 1.54) is 56.8 Å². The molecule has 2 fully saturated rings. The molecule has 0 amide bonds. The fourth-order valence-corrected chi connectivity index (χ4v) is 4.09. The van der Waals surface area contributed by atoms with Gasteiger partial charge in [-0.15, -0.1) is 12.4 Å². The molecule has 0 unspecified atom stereocenters. The van der Waals surface area contributed by atoms with Crippen LogP contribution in [0.4, 0.5) is 0 Å². The molecule has 2 aromatic rings. The summed E-state index contributed by atoms with van der Waals surface area (Å²) in [5.41, 5.74) is 4.18. The van der Waals surface area contributed by atoms with Crippen molar-refractivity contribution < 1.29 is 0 Å². The molecule has 120 valence electrons. The summed E-state index contributed by atoms with van der Waals surface area (Å²) >= 11 is 0. The number of nitrogens with zero attached hydrogens (tertiary/aromatic N) is 3. The van der Waals surface area contributed by atoms with Gasteiger partial charge in [0.05, 0.1) is 11.4 Å². The van der Waals surface area contributed by atoms with Crippen LogP contribution in [0.1, 0.15) is 30.7 Å². The Morgan fingerprint density at radius 3 is 2.86 bits per heavy atom. The number of pyridine rings is 1. The Labute approximate surface area is 138 Å². The lowest BCUT2D eigenvalue weighted by atomic mass is 9.78. The van der Waals surface area contributed by atoms with Crippen molar-refractivity contribution in [3.63, 3.8) is 0 Å². The number of hydrogen-bond acceptors (Lipinski definition) is 3. The molecule has 22 heavy (non-hydrogen) atoms. The molecule has 0 atom stereocenters. The Kier molecular flexibility index (Phi) is 4.44. The Hall–Kier alpha value is -1.10. The smallest absolute Gasteiger partial charge is 0.137 e. The number of imidazole rings is 1. The predicted octanol–water partition coefficient (Wildman–Crippen LogP) is 2.64. The maximum atomic E-state index is 4.69. The number of halogens is 1. The van der Waals surface area contributed by atoms with Gasteiger partial charge in [0.25, 0.3) is 0 Å². The maximum Gasteiger partial charge on any atom is 0.137 e. The molecule has 2 aromatic heterocycles. The van der Waals surface area contributed by atoms with Gasteiger partial charge in [-0.3, -0.25) is 4.90 Å². The number of aryl methyl sites for hydroxylation is 1. The highest BCUT2D eigenvalue weighted by molar-refractivity contribution is 5.85. The number of hydrogen-bond donors (Lipinski definition) is 1. The van der Waals surface area contributed by atoms with E-state index in [4.69, 9.17) is 0 Å². The van der Waals surface area contributed by atoms with E-state index in [-0.39, 0.29) is 12.4 Å². The summed E-state index contributed by atoms with van der Waals surface area (Å²) in [6, 6.07) is 6.25. The van der Waals surface area contributed by atoms with Crippen molar-refractivity contribution >= 4 is 18.1 Å². The first-order chi connectivity index (χ1) is 10.3. The van der Waals surface area contributed by atoms with Crippen molar-refractivity contribution in [3.8, 4) is 0 Å². The Balaban J connectivity index is 0.00000144. The van der Waals surface area contributed by atoms with E-state index >= 15 is 0 Å². The first-order valence-corrected chi connectivity index (χ1v) is 8.11. The van der Waals surface area contributed by atoms with E-state index in [1.54, 1.807) is 0 Å². The second-order valence-corrected chi connectivity index (χ2v) is 6.78. The number of piperidine rings is 1. The second-order valence-electron chi connectivity index (χ2n) is 6.78. The van der Waals surface area contributed by atoms with E-state index in [0.717, 1.165) is 12.2 Å². The molecule has 1 spiro atoms. The molecule has 1 N–H and O–H groups in total. The monoisotopic (exact) mass is 320 g/mol. The van der Waals surface area contributed by atoms with Gasteiger partial charge in [0, 0.05) is 19.3 Å². The number of likely N-dealkylation sites (tertiary alicyclic amines) is 1. The van der Waals surface area contributed by atoms with Crippen molar-refractivity contribution in [1.29, 1.82) is 0 Å². The highest BCUT2D eigenvalue weighted by Gasteiger charge is 2.38. The van der Waals surface area contributed by atoms with Crippen LogP contribution in [0.15, 0.2) is 24.4 Å². The summed E-state index contributed by atoms with van der Waals surface area (Å²) in [7, 11) is 0. The molecule has 2 aliphatic rings. The van der Waals surface area contributed by atoms with E-state index in [2.05, 4.69) is 50.9 Å². The SMILES string of the molecule is Cc1nc2ccccn2c1CN1CCC2(CCNCC2)C1.Cl. The van der Waals surface area contributed by atoms with Gasteiger partial charge in [-0.25, -0.2) is 4.98 Å². The minimum atomic E-state index is 0. The summed E-state index contributed by atoms with van der Waals surface area (Å²) in [6.07, 6.45) is 6.19. The molecule has 0 aliphatic carbocycles. The van der Waals surface area contributed by atoms with Crippen molar-refractivity contribution in [2.45, 2.75) is 32.7 Å². The third-order valence-corrected chi connectivity index (χ3v) is 5.38. The summed E-state index contributed by atoms with van der Waals surface area (Å²) in [5.74, 6) is 0. The van der Waals surface area contributed by atoms with Crippen LogP contribution in [0.5, 0.6) is 0 Å². The Morgan fingerprint density at radius 1 is 1.23 bits per heavy atom. The number of aromatic nitrogens is 2. The highest BCUT2D eigenvalue weighted by Crippen LogP contribution is 2.39. The van der Waals surface area contributed by atoms with Crippen LogP contribution in [0.2, 0.25) is 0 Å². The van der Waals surface area contributed by atoms with Gasteiger partial charge in [-0.2, -0.15) is 0 Å². The minimum absolute atomic E-state index is 0. The quantitative estimate of drug-likeness (QED) is 0.923. The fourth-order valence-electron chi connectivity index (χ4n) is 4.09. The molecule has 0 aromatic carbocycles. The number of fused-ring (bicyclic) bond motifs is 1. The van der Waals surface area contributed by atoms with Crippen LogP contribution in [0, 0.1) is 12.3 Å². The van der Waals surface area contributed by atoms with Crippen LogP contribution < -0.4 is 5.32 Å². The van der Waals surface area contributed by atoms with Gasteiger partial charge in [0.2, 0.25) is 0 Å². The molecule has 0 saturated carbocycles. The van der Waals surface area contributed by atoms with E-state index < -0.39 is 0 Å². The molecule has 4 rings (SSSR count). The van der Waals surface area contributed by atoms with Gasteiger partial charge >= 0.3 is 0 Å². The normalized spacial score (nSPS) is 21.3. The molecule has 4 nitrogen and oxygen atoms in total. The van der Waals surface area contributed by atoms with Crippen LogP contribution >= 0.6 is 12.4 Å². The summed E-state index contributed by atoms with van der Waals surface area (Å²) in [6.45, 7) is 8.06. The van der Waals surface area contributed by atoms with Gasteiger partial charge in [-0.1, -0.05) is 6.07 Å². The average Bonchev–Trinajstić information content (AvgIpc) is 3.03. The lowest BCUT2D eigenvalue weighted by molar-refractivity contribution is 0.193. The maximum absolute atomic E-state index is 4.69. The van der Waals surface area contributed by atoms with Crippen LogP contribution in [-0.2, 0) is 6.54 Å². The molecule has 0 radical (unpaired) electrons. The highest BCUT2D eigenvalue weighted by atomic mass is 35.5. The summed E-state index contributed by atoms with van der Waals surface area (Å²) in [4.78, 5) is 7.32. The zero-order valence-corrected chi connectivity index (χ0v) is 14.0. The lowest BCUT2D eigenvalue weighted by Crippen LogP contribution is -2.38. The Bertz CT molecular complexity index is 645. The summed E-state index contributed by atoms with van der Waals surface area (Å²) < 4.78 is 2.25. The third-order valence-electron chi connectivity index (χ3n) is 5.38. The predicted molar refractivity (Wildman–Crippen MR) is 91.6 cm³/mol. The minimum Gasteiger partial charge on any atom is -0.317 e. The zero-order valence-electron chi connectivity index (χ0n) is 13.2. The molecular formula is C17H25ClN4. The van der Waals surface area contributed by atoms with Crippen LogP contribution in [-0.4, -0.2) is 40.5 Å². The van der Waals surface area contributed by atoms with Gasteiger partial charge in [0.1, 0.15) is 5.65 Å². The summed E-state index contributed by atoms with van der Waals surface area (Å²) in [5, 5.41) is 3.50. The average molecular weight is 321 g/mol. The van der Waals surface area contributed by atoms with Crippen LogP contribution in [0.25, 0.3) is 5.65 Å². The second kappa shape index (κ2) is 6.19. The van der Waals surface area contributed by atoms with Gasteiger partial charge < -0.3 is 9.72 Å². The van der Waals surface area contributed by atoms with Crippen molar-refractivity contribution in [3.05, 3.63) is 35.8 Å². The van der Waals surface area contributed by atoms with Gasteiger partial charge in [-0.05, 0) is 63.4 Å². The molecule has 4 heterocycles. The molecule has 5 heteroatoms. The van der Waals surface area contributed by atoms with Crippen LogP contribution in [0.3, 0.4) is 0 Å². The Morgan fingerprint density at radius 2 is 2.05 bits per heavy atom. The lowest BCUT2D eigenvalue weighted by Gasteiger charge is -2.33. The zero-order chi connectivity index (χ0) is 14.3. The number of nitrogens with one attached hydrogen (secondary N) is 1. The molecule has 2 saturated heterocycles. The third kappa shape index (κ3) is 2.75. The molecular weight excluding hydrogens is 296 g/mol. The number of rotatable bonds is 2. The van der Waals surface area contributed by atoms with E-state index in [1.807, 2.05) is 0 Å². The van der Waals surface area contributed by atoms with E-state index in [0.29, 0.717) is 5.41 Å². The fraction of sp³-hybridized carbons (Fsp3) is 0.588. The first kappa shape index (κ1) is 15.8. The standard InChI is InChI=1S/C17H24N4.ClH/c1-14-15(21-10-3-2-4-16(21)19-14)12-20-11-7-17(13-20)5-8-18-9-6-17;/h2-4,10,18H,5-9,11-13H2,1H3;1H. The van der Waals surface area contributed by atoms with Crippen molar-refractivity contribution in [1.82, 2.24) is 19.6 Å².